The lowest BCUT2D eigenvalue weighted by molar-refractivity contribution is -0.383. The average molecular weight is 346 g/mol. The second kappa shape index (κ2) is 7.60. The molecule has 25 heavy (non-hydrogen) atoms. The van der Waals surface area contributed by atoms with Crippen LogP contribution < -0.4 is 10.9 Å². The van der Waals surface area contributed by atoms with E-state index in [1.165, 1.54) is 37.7 Å². The fraction of sp³-hybridized carbons (Fsp3) is 0.529. The molecule has 0 radical (unpaired) electrons. The Morgan fingerprint density at radius 1 is 1.40 bits per heavy atom. The molecule has 8 nitrogen and oxygen atoms in total. The van der Waals surface area contributed by atoms with Gasteiger partial charge in [-0.05, 0) is 24.8 Å². The number of H-pyrrole nitrogens is 1. The first-order valence-electron chi connectivity index (χ1n) is 8.57. The fourth-order valence-corrected chi connectivity index (χ4v) is 3.32. The zero-order valence-corrected chi connectivity index (χ0v) is 14.2. The van der Waals surface area contributed by atoms with Crippen LogP contribution >= 0.6 is 0 Å². The smallest absolute Gasteiger partial charge is 0.293 e. The molecule has 2 atom stereocenters. The van der Waals surface area contributed by atoms with Crippen LogP contribution in [0.3, 0.4) is 0 Å². The highest BCUT2D eigenvalue weighted by Crippen LogP contribution is 2.28. The van der Waals surface area contributed by atoms with E-state index in [2.05, 4.69) is 22.2 Å². The van der Waals surface area contributed by atoms with Gasteiger partial charge in [-0.15, -0.1) is 0 Å². The first-order chi connectivity index (χ1) is 12.1. The summed E-state index contributed by atoms with van der Waals surface area (Å²) in [7, 11) is 0. The number of fused-ring (bicyclic) bond motifs is 1. The van der Waals surface area contributed by atoms with Gasteiger partial charge in [-0.3, -0.25) is 14.9 Å². The van der Waals surface area contributed by atoms with Crippen molar-refractivity contribution in [3.8, 4) is 0 Å². The second-order valence-electron chi connectivity index (χ2n) is 6.47. The molecule has 0 bridgehead atoms. The first kappa shape index (κ1) is 17.3. The van der Waals surface area contributed by atoms with E-state index in [-0.39, 0.29) is 17.2 Å². The minimum Gasteiger partial charge on any atom is -0.377 e. The number of hydrogen-bond acceptors (Lipinski definition) is 6. The minimum absolute atomic E-state index is 0.142. The maximum Gasteiger partial charge on any atom is 0.293 e. The molecule has 1 saturated carbocycles. The highest BCUT2D eigenvalue weighted by atomic mass is 16.6. The highest BCUT2D eigenvalue weighted by Gasteiger charge is 2.22. The second-order valence-corrected chi connectivity index (χ2v) is 6.47. The van der Waals surface area contributed by atoms with Gasteiger partial charge in [0.25, 0.3) is 11.2 Å². The summed E-state index contributed by atoms with van der Waals surface area (Å²) < 4.78 is 5.92. The van der Waals surface area contributed by atoms with Crippen molar-refractivity contribution in [2.45, 2.75) is 38.7 Å². The molecule has 1 aromatic heterocycles. The summed E-state index contributed by atoms with van der Waals surface area (Å²) in [5.41, 5.74) is 0.223. The van der Waals surface area contributed by atoms with Gasteiger partial charge in [0.2, 0.25) is 0 Å². The summed E-state index contributed by atoms with van der Waals surface area (Å²) in [5.74, 6) is 0.555. The summed E-state index contributed by atoms with van der Waals surface area (Å²) in [4.78, 5) is 29.1. The van der Waals surface area contributed by atoms with Gasteiger partial charge in [0, 0.05) is 12.6 Å². The molecule has 0 aliphatic heterocycles. The van der Waals surface area contributed by atoms with Crippen molar-refractivity contribution < 1.29 is 9.66 Å². The third-order valence-electron chi connectivity index (χ3n) is 4.74. The van der Waals surface area contributed by atoms with E-state index in [9.17, 15) is 14.9 Å². The van der Waals surface area contributed by atoms with E-state index < -0.39 is 10.5 Å². The third-order valence-corrected chi connectivity index (χ3v) is 4.74. The Labute approximate surface area is 144 Å². The Bertz CT molecular complexity index is 820. The van der Waals surface area contributed by atoms with Crippen LogP contribution in [-0.4, -0.2) is 34.1 Å². The van der Waals surface area contributed by atoms with Crippen molar-refractivity contribution >= 4 is 22.3 Å². The standard InChI is InChI=1S/C17H22N4O4/c1-11-4-2-3-5-16(11)25-7-6-18-14-9-13-12(8-15(14)21(23)24)17(22)20-10-19-13/h8-11,16,18H,2-7H2,1H3,(H,19,20,22)/t11-,16-/m0/s1. The third kappa shape index (κ3) is 3.96. The van der Waals surface area contributed by atoms with Crippen LogP contribution in [0.25, 0.3) is 10.9 Å². The molecule has 1 fully saturated rings. The number of nitro benzene ring substituents is 1. The quantitative estimate of drug-likeness (QED) is 0.473. The number of nitrogens with zero attached hydrogens (tertiary/aromatic N) is 2. The summed E-state index contributed by atoms with van der Waals surface area (Å²) >= 11 is 0. The van der Waals surface area contributed by atoms with E-state index in [4.69, 9.17) is 4.74 Å². The SMILES string of the molecule is C[C@H]1CCCC[C@@H]1OCCNc1cc2nc[nH]c(=O)c2cc1[N+](=O)[O-]. The molecular formula is C17H22N4O4. The highest BCUT2D eigenvalue weighted by molar-refractivity contribution is 5.86. The van der Waals surface area contributed by atoms with Gasteiger partial charge in [-0.2, -0.15) is 0 Å². The molecule has 3 rings (SSSR count). The molecule has 134 valence electrons. The van der Waals surface area contributed by atoms with E-state index >= 15 is 0 Å². The molecular weight excluding hydrogens is 324 g/mol. The average Bonchev–Trinajstić information content (AvgIpc) is 2.59. The lowest BCUT2D eigenvalue weighted by Gasteiger charge is -2.28. The fourth-order valence-electron chi connectivity index (χ4n) is 3.32. The number of ether oxygens (including phenoxy) is 1. The molecule has 1 heterocycles. The van der Waals surface area contributed by atoms with Crippen molar-refractivity contribution in [3.63, 3.8) is 0 Å². The van der Waals surface area contributed by atoms with E-state index in [1.807, 2.05) is 0 Å². The number of nitrogens with one attached hydrogen (secondary N) is 2. The molecule has 2 N–H and O–H groups in total. The van der Waals surface area contributed by atoms with Gasteiger partial charge in [0.15, 0.2) is 0 Å². The van der Waals surface area contributed by atoms with Gasteiger partial charge in [0.1, 0.15) is 5.69 Å². The lowest BCUT2D eigenvalue weighted by atomic mass is 9.88. The molecule has 1 aromatic carbocycles. The van der Waals surface area contributed by atoms with Gasteiger partial charge in [0.05, 0.1) is 34.9 Å². The van der Waals surface area contributed by atoms with Gasteiger partial charge in [-0.25, -0.2) is 4.98 Å². The van der Waals surface area contributed by atoms with Crippen LogP contribution in [0.15, 0.2) is 23.3 Å². The van der Waals surface area contributed by atoms with Crippen LogP contribution in [0, 0.1) is 16.0 Å². The molecule has 8 heteroatoms. The summed E-state index contributed by atoms with van der Waals surface area (Å²) in [6.45, 7) is 3.14. The molecule has 0 amide bonds. The number of anilines is 1. The predicted molar refractivity (Wildman–Crippen MR) is 94.9 cm³/mol. The number of hydrogen-bond donors (Lipinski definition) is 2. The van der Waals surface area contributed by atoms with Gasteiger partial charge < -0.3 is 15.0 Å². The topological polar surface area (TPSA) is 110 Å². The Hall–Kier alpha value is -2.48. The summed E-state index contributed by atoms with van der Waals surface area (Å²) in [6, 6.07) is 2.79. The van der Waals surface area contributed by atoms with Crippen molar-refractivity contribution in [1.82, 2.24) is 9.97 Å². The molecule has 1 aliphatic carbocycles. The van der Waals surface area contributed by atoms with Crippen LogP contribution in [-0.2, 0) is 4.74 Å². The number of nitro groups is 1. The number of aromatic amines is 1. The Balaban J connectivity index is 1.69. The molecule has 0 spiro atoms. The molecule has 0 saturated heterocycles. The van der Waals surface area contributed by atoms with Crippen molar-refractivity contribution in [2.24, 2.45) is 5.92 Å². The molecule has 1 aliphatic rings. The van der Waals surface area contributed by atoms with E-state index in [1.54, 1.807) is 0 Å². The summed E-state index contributed by atoms with van der Waals surface area (Å²) in [6.07, 6.45) is 6.27. The first-order valence-corrected chi connectivity index (χ1v) is 8.57. The van der Waals surface area contributed by atoms with Crippen LogP contribution in [0.1, 0.15) is 32.6 Å². The number of benzene rings is 1. The number of aromatic nitrogens is 2. The Morgan fingerprint density at radius 2 is 2.20 bits per heavy atom. The van der Waals surface area contributed by atoms with Crippen molar-refractivity contribution in [2.75, 3.05) is 18.5 Å². The molecule has 2 aromatic rings. The zero-order chi connectivity index (χ0) is 17.8. The van der Waals surface area contributed by atoms with Gasteiger partial charge >= 0.3 is 0 Å². The maximum atomic E-state index is 11.8. The number of rotatable bonds is 6. The van der Waals surface area contributed by atoms with Crippen molar-refractivity contribution in [1.29, 1.82) is 0 Å². The zero-order valence-electron chi connectivity index (χ0n) is 14.2. The Kier molecular flexibility index (Phi) is 5.28. The molecule has 0 unspecified atom stereocenters. The largest absolute Gasteiger partial charge is 0.377 e. The lowest BCUT2D eigenvalue weighted by Crippen LogP contribution is -2.27. The van der Waals surface area contributed by atoms with Crippen LogP contribution in [0.4, 0.5) is 11.4 Å². The van der Waals surface area contributed by atoms with E-state index in [0.29, 0.717) is 30.3 Å². The van der Waals surface area contributed by atoms with Crippen LogP contribution in [0.2, 0.25) is 0 Å². The van der Waals surface area contributed by atoms with Crippen molar-refractivity contribution in [3.05, 3.63) is 38.9 Å². The Morgan fingerprint density at radius 3 is 2.96 bits per heavy atom. The monoisotopic (exact) mass is 346 g/mol. The normalized spacial score (nSPS) is 20.5. The van der Waals surface area contributed by atoms with E-state index in [0.717, 1.165) is 6.42 Å². The van der Waals surface area contributed by atoms with Crippen LogP contribution in [0.5, 0.6) is 0 Å². The predicted octanol–water partition coefficient (Wildman–Crippen LogP) is 2.84. The maximum absolute atomic E-state index is 11.8. The minimum atomic E-state index is -0.502. The summed E-state index contributed by atoms with van der Waals surface area (Å²) in [5, 5.41) is 14.5. The van der Waals surface area contributed by atoms with Gasteiger partial charge in [-0.1, -0.05) is 19.8 Å².